The first kappa shape index (κ1) is 14.7. The minimum absolute atomic E-state index is 0.0452. The number of Topliss-reactive ketones (excluding diaryl/α,β-unsaturated/α-hetero) is 1. The Kier molecular flexibility index (Phi) is 4.31. The number of anilines is 1. The maximum Gasteiger partial charge on any atom is 0.311 e. The Morgan fingerprint density at radius 2 is 1.84 bits per heavy atom. The van der Waals surface area contributed by atoms with Gasteiger partial charge >= 0.3 is 5.97 Å². The molecule has 0 fully saturated rings. The average Bonchev–Trinajstić information content (AvgIpc) is 2.27. The van der Waals surface area contributed by atoms with E-state index in [1.165, 1.54) is 6.20 Å². The molecule has 7 nitrogen and oxygen atoms in total. The van der Waals surface area contributed by atoms with Gasteiger partial charge in [0.05, 0.1) is 12.4 Å². The Bertz CT molecular complexity index is 503. The van der Waals surface area contributed by atoms with Crippen molar-refractivity contribution < 1.29 is 19.5 Å². The number of hydrogen-bond acceptors (Lipinski definition) is 5. The third kappa shape index (κ3) is 4.46. The van der Waals surface area contributed by atoms with E-state index in [2.05, 4.69) is 15.3 Å². The standard InChI is InChI=1S/C12H15N3O4/c1-12(2,3)11(19)15-9-6-13-7(5-14-9)8(16)4-10(17)18/h5-6H,4H2,1-3H3,(H,17,18)(H,14,15,19). The number of aliphatic carboxylic acids is 1. The molecule has 0 aromatic carbocycles. The van der Waals surface area contributed by atoms with E-state index < -0.39 is 23.6 Å². The SMILES string of the molecule is CC(C)(C)C(=O)Nc1cnc(C(=O)CC(=O)O)cn1. The molecule has 0 aliphatic heterocycles. The van der Waals surface area contributed by atoms with E-state index in [1.807, 2.05) is 0 Å². The van der Waals surface area contributed by atoms with Crippen LogP contribution >= 0.6 is 0 Å². The van der Waals surface area contributed by atoms with Crippen LogP contribution in [0.3, 0.4) is 0 Å². The van der Waals surface area contributed by atoms with Crippen molar-refractivity contribution in [2.45, 2.75) is 27.2 Å². The van der Waals surface area contributed by atoms with E-state index in [9.17, 15) is 14.4 Å². The minimum Gasteiger partial charge on any atom is -0.481 e. The predicted octanol–water partition coefficient (Wildman–Crippen LogP) is 1.12. The van der Waals surface area contributed by atoms with Gasteiger partial charge in [0.15, 0.2) is 11.6 Å². The van der Waals surface area contributed by atoms with E-state index in [-0.39, 0.29) is 17.4 Å². The van der Waals surface area contributed by atoms with E-state index in [0.29, 0.717) is 0 Å². The van der Waals surface area contributed by atoms with Crippen molar-refractivity contribution in [2.75, 3.05) is 5.32 Å². The molecule has 19 heavy (non-hydrogen) atoms. The Balaban J connectivity index is 2.75. The lowest BCUT2D eigenvalue weighted by Gasteiger charge is -2.16. The first-order valence-corrected chi connectivity index (χ1v) is 5.58. The zero-order chi connectivity index (χ0) is 14.6. The van der Waals surface area contributed by atoms with Gasteiger partial charge in [0, 0.05) is 5.41 Å². The van der Waals surface area contributed by atoms with Crippen molar-refractivity contribution in [2.24, 2.45) is 5.41 Å². The number of carboxylic acid groups (broad SMARTS) is 1. The van der Waals surface area contributed by atoms with Crippen LogP contribution in [-0.2, 0) is 9.59 Å². The Morgan fingerprint density at radius 1 is 1.21 bits per heavy atom. The number of amides is 1. The van der Waals surface area contributed by atoms with Crippen molar-refractivity contribution in [3.8, 4) is 0 Å². The summed E-state index contributed by atoms with van der Waals surface area (Å²) in [6.45, 7) is 5.25. The van der Waals surface area contributed by atoms with Crippen LogP contribution in [0.4, 0.5) is 5.82 Å². The quantitative estimate of drug-likeness (QED) is 0.623. The lowest BCUT2D eigenvalue weighted by molar-refractivity contribution is -0.136. The fraction of sp³-hybridized carbons (Fsp3) is 0.417. The third-order valence-electron chi connectivity index (χ3n) is 2.17. The number of nitrogens with one attached hydrogen (secondary N) is 1. The first-order valence-electron chi connectivity index (χ1n) is 5.58. The largest absolute Gasteiger partial charge is 0.481 e. The molecule has 0 bridgehead atoms. The highest BCUT2D eigenvalue weighted by Gasteiger charge is 2.21. The summed E-state index contributed by atoms with van der Waals surface area (Å²) in [5.41, 5.74) is -0.615. The highest BCUT2D eigenvalue weighted by Crippen LogP contribution is 2.15. The van der Waals surface area contributed by atoms with Gasteiger partial charge in [0.1, 0.15) is 12.1 Å². The van der Waals surface area contributed by atoms with Crippen molar-refractivity contribution in [3.63, 3.8) is 0 Å². The average molecular weight is 265 g/mol. The van der Waals surface area contributed by atoms with Gasteiger partial charge in [0.2, 0.25) is 5.91 Å². The molecule has 0 aliphatic carbocycles. The highest BCUT2D eigenvalue weighted by atomic mass is 16.4. The molecule has 0 radical (unpaired) electrons. The molecule has 0 unspecified atom stereocenters. The molecule has 1 amide bonds. The van der Waals surface area contributed by atoms with Gasteiger partial charge in [-0.05, 0) is 0 Å². The molecule has 1 heterocycles. The lowest BCUT2D eigenvalue weighted by atomic mass is 9.96. The molecule has 0 saturated heterocycles. The fourth-order valence-corrected chi connectivity index (χ4v) is 1.07. The van der Waals surface area contributed by atoms with Crippen molar-refractivity contribution >= 4 is 23.5 Å². The van der Waals surface area contributed by atoms with Crippen LogP contribution in [0.1, 0.15) is 37.7 Å². The summed E-state index contributed by atoms with van der Waals surface area (Å²) in [7, 11) is 0. The second kappa shape index (κ2) is 5.55. The van der Waals surface area contributed by atoms with Crippen LogP contribution in [0.5, 0.6) is 0 Å². The summed E-state index contributed by atoms with van der Waals surface area (Å²) in [4.78, 5) is 41.1. The molecule has 0 spiro atoms. The van der Waals surface area contributed by atoms with Gasteiger partial charge in [-0.25, -0.2) is 9.97 Å². The number of nitrogens with zero attached hydrogens (tertiary/aromatic N) is 2. The van der Waals surface area contributed by atoms with Gasteiger partial charge in [-0.1, -0.05) is 20.8 Å². The summed E-state index contributed by atoms with van der Waals surface area (Å²) >= 11 is 0. The topological polar surface area (TPSA) is 109 Å². The second-order valence-electron chi connectivity index (χ2n) is 4.98. The summed E-state index contributed by atoms with van der Waals surface area (Å²) in [5.74, 6) is -1.87. The van der Waals surface area contributed by atoms with Crippen molar-refractivity contribution in [1.82, 2.24) is 9.97 Å². The Labute approximate surface area is 110 Å². The van der Waals surface area contributed by atoms with Crippen molar-refractivity contribution in [3.05, 3.63) is 18.1 Å². The Morgan fingerprint density at radius 3 is 2.26 bits per heavy atom. The summed E-state index contributed by atoms with van der Waals surface area (Å²) < 4.78 is 0. The number of hydrogen-bond donors (Lipinski definition) is 2. The molecular weight excluding hydrogens is 250 g/mol. The van der Waals surface area contributed by atoms with Crippen LogP contribution in [0.25, 0.3) is 0 Å². The number of carboxylic acids is 1. The molecule has 102 valence electrons. The third-order valence-corrected chi connectivity index (χ3v) is 2.17. The predicted molar refractivity (Wildman–Crippen MR) is 66.7 cm³/mol. The van der Waals surface area contributed by atoms with Gasteiger partial charge in [0.25, 0.3) is 0 Å². The van der Waals surface area contributed by atoms with Gasteiger partial charge in [-0.3, -0.25) is 14.4 Å². The minimum atomic E-state index is -1.23. The van der Waals surface area contributed by atoms with Crippen LogP contribution in [0.2, 0.25) is 0 Å². The van der Waals surface area contributed by atoms with Gasteiger partial charge < -0.3 is 10.4 Å². The maximum absolute atomic E-state index is 11.7. The monoisotopic (exact) mass is 265 g/mol. The fourth-order valence-electron chi connectivity index (χ4n) is 1.07. The van der Waals surface area contributed by atoms with E-state index in [1.54, 1.807) is 20.8 Å². The zero-order valence-electron chi connectivity index (χ0n) is 10.9. The Hall–Kier alpha value is -2.31. The second-order valence-corrected chi connectivity index (χ2v) is 4.98. The zero-order valence-corrected chi connectivity index (χ0v) is 10.9. The molecule has 1 aromatic rings. The maximum atomic E-state index is 11.7. The molecule has 2 N–H and O–H groups in total. The molecule has 1 aromatic heterocycles. The summed E-state index contributed by atoms with van der Waals surface area (Å²) in [5, 5.41) is 11.0. The number of carbonyl (C=O) groups excluding carboxylic acids is 2. The summed E-state index contributed by atoms with van der Waals surface area (Å²) in [6, 6.07) is 0. The summed E-state index contributed by atoms with van der Waals surface area (Å²) in [6.07, 6.45) is 1.73. The normalized spacial score (nSPS) is 10.9. The lowest BCUT2D eigenvalue weighted by Crippen LogP contribution is -2.28. The van der Waals surface area contributed by atoms with Crippen molar-refractivity contribution in [1.29, 1.82) is 0 Å². The number of aromatic nitrogens is 2. The van der Waals surface area contributed by atoms with E-state index in [4.69, 9.17) is 5.11 Å². The molecule has 0 atom stereocenters. The van der Waals surface area contributed by atoms with Crippen LogP contribution in [0, 0.1) is 5.41 Å². The van der Waals surface area contributed by atoms with Gasteiger partial charge in [-0.15, -0.1) is 0 Å². The molecule has 1 rings (SSSR count). The molecule has 0 aliphatic rings. The van der Waals surface area contributed by atoms with Gasteiger partial charge in [-0.2, -0.15) is 0 Å². The smallest absolute Gasteiger partial charge is 0.311 e. The number of carbonyl (C=O) groups is 3. The highest BCUT2D eigenvalue weighted by molar-refractivity contribution is 6.04. The van der Waals surface area contributed by atoms with E-state index >= 15 is 0 Å². The number of ketones is 1. The van der Waals surface area contributed by atoms with Crippen LogP contribution in [0.15, 0.2) is 12.4 Å². The first-order chi connectivity index (χ1) is 8.70. The molecular formula is C12H15N3O4. The van der Waals surface area contributed by atoms with E-state index in [0.717, 1.165) is 6.20 Å². The molecule has 0 saturated carbocycles. The number of rotatable bonds is 4. The molecule has 7 heteroatoms. The van der Waals surface area contributed by atoms with Crippen LogP contribution < -0.4 is 5.32 Å². The van der Waals surface area contributed by atoms with Crippen LogP contribution in [-0.4, -0.2) is 32.7 Å².